The van der Waals surface area contributed by atoms with Gasteiger partial charge in [-0.3, -0.25) is 9.59 Å². The van der Waals surface area contributed by atoms with Crippen molar-refractivity contribution in [1.82, 2.24) is 9.97 Å². The lowest BCUT2D eigenvalue weighted by atomic mass is 10.1. The molecule has 0 amide bonds. The van der Waals surface area contributed by atoms with Gasteiger partial charge in [-0.15, -0.1) is 0 Å². The average Bonchev–Trinajstić information content (AvgIpc) is 3.38. The van der Waals surface area contributed by atoms with Crippen molar-refractivity contribution in [3.63, 3.8) is 0 Å². The van der Waals surface area contributed by atoms with E-state index in [0.29, 0.717) is 16.3 Å². The van der Waals surface area contributed by atoms with Crippen LogP contribution in [0.25, 0.3) is 28.1 Å². The molecule has 148 valence electrons. The fraction of sp³-hybridized carbons (Fsp3) is 0. The van der Waals surface area contributed by atoms with E-state index in [1.165, 1.54) is 0 Å². The summed E-state index contributed by atoms with van der Waals surface area (Å²) in [5.74, 6) is -10.3. The van der Waals surface area contributed by atoms with Gasteiger partial charge in [-0.1, -0.05) is 29.5 Å². The fourth-order valence-electron chi connectivity index (χ4n) is 3.11. The molecule has 0 atom stereocenters. The maximum absolute atomic E-state index is 14.0. The zero-order valence-electron chi connectivity index (χ0n) is 14.5. The van der Waals surface area contributed by atoms with Crippen LogP contribution in [0, 0.1) is 23.3 Å². The predicted octanol–water partition coefficient (Wildman–Crippen LogP) is 4.97. The molecule has 2 aromatic carbocycles. The van der Waals surface area contributed by atoms with Crippen LogP contribution in [0.2, 0.25) is 0 Å². The molecule has 1 aliphatic rings. The van der Waals surface area contributed by atoms with E-state index in [-0.39, 0.29) is 10.7 Å². The second-order valence-corrected chi connectivity index (χ2v) is 7.28. The lowest BCUT2D eigenvalue weighted by Crippen LogP contribution is -2.07. The monoisotopic (exact) mass is 430 g/mol. The number of nitrogens with zero attached hydrogens (tertiary/aromatic N) is 2. The van der Waals surface area contributed by atoms with Crippen molar-refractivity contribution < 1.29 is 31.6 Å². The number of halogens is 4. The number of rotatable bonds is 2. The molecule has 4 aromatic rings. The van der Waals surface area contributed by atoms with E-state index in [1.807, 2.05) is 6.07 Å². The molecule has 0 spiro atoms. The molecule has 0 fully saturated rings. The summed E-state index contributed by atoms with van der Waals surface area (Å²) in [6.07, 6.45) is 0.989. The highest BCUT2D eigenvalue weighted by Crippen LogP contribution is 2.36. The summed E-state index contributed by atoms with van der Waals surface area (Å²) in [7, 11) is 0. The molecule has 0 aliphatic heterocycles. The van der Waals surface area contributed by atoms with Crippen molar-refractivity contribution in [3.05, 3.63) is 75.3 Å². The summed E-state index contributed by atoms with van der Waals surface area (Å²) in [6.45, 7) is 0. The number of allylic oxidation sites excluding steroid dienone is 1. The van der Waals surface area contributed by atoms with Gasteiger partial charge in [0.25, 0.3) is 5.71 Å². The minimum Gasteiger partial charge on any atom is -0.417 e. The van der Waals surface area contributed by atoms with Crippen molar-refractivity contribution in [2.45, 2.75) is 0 Å². The molecule has 0 saturated carbocycles. The Balaban J connectivity index is 1.57. The Labute approximate surface area is 168 Å². The van der Waals surface area contributed by atoms with Crippen LogP contribution in [0.1, 0.15) is 25.7 Å². The van der Waals surface area contributed by atoms with Crippen molar-refractivity contribution >= 4 is 39.5 Å². The number of Topliss-reactive ketones (excluding diaryl/α,β-unsaturated/α-hetero) is 2. The topological polar surface area (TPSA) is 73.1 Å². The third-order valence-corrected chi connectivity index (χ3v) is 5.37. The van der Waals surface area contributed by atoms with Gasteiger partial charge in [0.2, 0.25) is 17.5 Å². The standard InChI is InChI=1S/C20H6F4N2O3S/c21-12-10-11(13(22)15(24)14(12)23)17(28)8(16(10)27)6-9-25-19-20(30-9)26-18(29-19)7-4-2-1-3-5-7/h1-6H. The number of hydrogen-bond acceptors (Lipinski definition) is 6. The Hall–Kier alpha value is -3.66. The molecule has 1 aliphatic carbocycles. The zero-order chi connectivity index (χ0) is 21.2. The van der Waals surface area contributed by atoms with Crippen molar-refractivity contribution in [2.75, 3.05) is 0 Å². The summed E-state index contributed by atoms with van der Waals surface area (Å²) in [5.41, 5.74) is -2.07. The van der Waals surface area contributed by atoms with Gasteiger partial charge < -0.3 is 4.42 Å². The molecule has 10 heteroatoms. The number of carbonyl (C=O) groups is 2. The number of thiazole rings is 1. The van der Waals surface area contributed by atoms with Crippen molar-refractivity contribution in [1.29, 1.82) is 0 Å². The van der Waals surface area contributed by atoms with E-state index in [0.717, 1.165) is 17.4 Å². The maximum Gasteiger partial charge on any atom is 0.259 e. The van der Waals surface area contributed by atoms with Crippen LogP contribution in [-0.4, -0.2) is 21.5 Å². The first-order chi connectivity index (χ1) is 14.4. The van der Waals surface area contributed by atoms with Gasteiger partial charge >= 0.3 is 0 Å². The molecule has 2 heterocycles. The molecule has 5 rings (SSSR count). The molecule has 0 unspecified atom stereocenters. The Morgan fingerprint density at radius 3 is 2.00 bits per heavy atom. The Bertz CT molecular complexity index is 1340. The zero-order valence-corrected chi connectivity index (χ0v) is 15.3. The largest absolute Gasteiger partial charge is 0.417 e. The highest BCUT2D eigenvalue weighted by atomic mass is 32.1. The third-order valence-electron chi connectivity index (χ3n) is 4.49. The lowest BCUT2D eigenvalue weighted by molar-refractivity contribution is 0.0988. The SMILES string of the molecule is O=C1C(=Cc2nc3oc(-c4ccccc4)nc3s2)C(=O)c2c(F)c(F)c(F)c(F)c21. The third kappa shape index (κ3) is 2.53. The molecule has 0 N–H and O–H groups in total. The Kier molecular flexibility index (Phi) is 3.93. The minimum absolute atomic E-state index is 0.0992. The lowest BCUT2D eigenvalue weighted by Gasteiger charge is -2.02. The number of carbonyl (C=O) groups excluding carboxylic acids is 2. The average molecular weight is 430 g/mol. The molecule has 2 aromatic heterocycles. The summed E-state index contributed by atoms with van der Waals surface area (Å²) in [5, 5.41) is 0.0992. The Morgan fingerprint density at radius 1 is 0.833 bits per heavy atom. The van der Waals surface area contributed by atoms with Crippen LogP contribution in [-0.2, 0) is 0 Å². The number of hydrogen-bond donors (Lipinski definition) is 0. The maximum atomic E-state index is 14.0. The van der Waals surface area contributed by atoms with E-state index < -0.39 is 51.5 Å². The van der Waals surface area contributed by atoms with Gasteiger partial charge in [-0.05, 0) is 18.2 Å². The highest BCUT2D eigenvalue weighted by molar-refractivity contribution is 7.18. The minimum atomic E-state index is -2.15. The smallest absolute Gasteiger partial charge is 0.259 e. The second-order valence-electron chi connectivity index (χ2n) is 6.27. The summed E-state index contributed by atoms with van der Waals surface area (Å²) >= 11 is 0.965. The normalized spacial score (nSPS) is 13.4. The molecular formula is C20H6F4N2O3S. The van der Waals surface area contributed by atoms with Gasteiger partial charge in [-0.2, -0.15) is 9.97 Å². The predicted molar refractivity (Wildman–Crippen MR) is 98.0 cm³/mol. The first kappa shape index (κ1) is 18.4. The van der Waals surface area contributed by atoms with Crippen LogP contribution >= 0.6 is 11.3 Å². The van der Waals surface area contributed by atoms with Crippen molar-refractivity contribution in [3.8, 4) is 11.5 Å². The number of aromatic nitrogens is 2. The van der Waals surface area contributed by atoms with Crippen LogP contribution < -0.4 is 0 Å². The van der Waals surface area contributed by atoms with Gasteiger partial charge in [0.05, 0.1) is 16.7 Å². The number of fused-ring (bicyclic) bond motifs is 2. The molecule has 0 bridgehead atoms. The van der Waals surface area contributed by atoms with Gasteiger partial charge in [0.1, 0.15) is 5.01 Å². The van der Waals surface area contributed by atoms with Crippen LogP contribution in [0.3, 0.4) is 0 Å². The molecule has 0 radical (unpaired) electrons. The van der Waals surface area contributed by atoms with Gasteiger partial charge in [0.15, 0.2) is 28.1 Å². The molecule has 0 saturated heterocycles. The van der Waals surface area contributed by atoms with Crippen LogP contribution in [0.5, 0.6) is 0 Å². The number of benzene rings is 2. The van der Waals surface area contributed by atoms with E-state index in [4.69, 9.17) is 4.42 Å². The van der Waals surface area contributed by atoms with Gasteiger partial charge in [-0.25, -0.2) is 17.6 Å². The van der Waals surface area contributed by atoms with Crippen LogP contribution in [0.4, 0.5) is 17.6 Å². The van der Waals surface area contributed by atoms with Crippen molar-refractivity contribution in [2.24, 2.45) is 0 Å². The van der Waals surface area contributed by atoms with Crippen LogP contribution in [0.15, 0.2) is 40.3 Å². The highest BCUT2D eigenvalue weighted by Gasteiger charge is 2.42. The summed E-state index contributed by atoms with van der Waals surface area (Å²) in [4.78, 5) is 33.5. The summed E-state index contributed by atoms with van der Waals surface area (Å²) < 4.78 is 60.5. The first-order valence-corrected chi connectivity index (χ1v) is 9.18. The quantitative estimate of drug-likeness (QED) is 0.148. The number of ketones is 2. The molecular weight excluding hydrogens is 424 g/mol. The summed E-state index contributed by atoms with van der Waals surface area (Å²) in [6, 6.07) is 9.00. The Morgan fingerprint density at radius 2 is 1.43 bits per heavy atom. The van der Waals surface area contributed by atoms with E-state index in [9.17, 15) is 27.2 Å². The first-order valence-electron chi connectivity index (χ1n) is 8.36. The molecule has 5 nitrogen and oxygen atoms in total. The molecule has 30 heavy (non-hydrogen) atoms. The number of oxazole rings is 1. The second kappa shape index (κ2) is 6.42. The van der Waals surface area contributed by atoms with E-state index in [1.54, 1.807) is 24.3 Å². The van der Waals surface area contributed by atoms with E-state index >= 15 is 0 Å². The van der Waals surface area contributed by atoms with Gasteiger partial charge in [0, 0.05) is 5.56 Å². The fourth-order valence-corrected chi connectivity index (χ4v) is 3.91. The van der Waals surface area contributed by atoms with E-state index in [2.05, 4.69) is 9.97 Å².